The van der Waals surface area contributed by atoms with Crippen molar-refractivity contribution < 1.29 is 9.60 Å². The van der Waals surface area contributed by atoms with Crippen LogP contribution in [0.2, 0.25) is 0 Å². The maximum Gasteiger partial charge on any atom is 0.128 e. The van der Waals surface area contributed by atoms with Gasteiger partial charge in [0.25, 0.3) is 0 Å². The molecule has 0 saturated carbocycles. The van der Waals surface area contributed by atoms with Crippen LogP contribution in [0.25, 0.3) is 0 Å². The first-order valence-electron chi connectivity index (χ1n) is 6.68. The largest absolute Gasteiger partial charge is 0.411 e. The molecule has 3 nitrogen and oxygen atoms in total. The molecule has 1 aliphatic heterocycles. The van der Waals surface area contributed by atoms with Gasteiger partial charge in [-0.25, -0.2) is 4.39 Å². The zero-order valence-electron chi connectivity index (χ0n) is 11.3. The van der Waals surface area contributed by atoms with E-state index in [-0.39, 0.29) is 5.82 Å². The molecule has 2 aromatic carbocycles. The monoisotopic (exact) mass is 348 g/mol. The minimum atomic E-state index is -0.211. The predicted octanol–water partition coefficient (Wildman–Crippen LogP) is 4.18. The molecule has 0 fully saturated rings. The molecule has 3 rings (SSSR count). The third-order valence-electron chi connectivity index (χ3n) is 3.66. The Balaban J connectivity index is 1.95. The summed E-state index contributed by atoms with van der Waals surface area (Å²) >= 11 is 3.38. The van der Waals surface area contributed by atoms with E-state index in [1.165, 1.54) is 6.07 Å². The van der Waals surface area contributed by atoms with E-state index in [2.05, 4.69) is 26.0 Å². The van der Waals surface area contributed by atoms with Crippen molar-refractivity contribution in [2.24, 2.45) is 5.16 Å². The van der Waals surface area contributed by atoms with E-state index in [0.717, 1.165) is 15.7 Å². The van der Waals surface area contributed by atoms with E-state index >= 15 is 0 Å². The van der Waals surface area contributed by atoms with Crippen molar-refractivity contribution in [3.8, 4) is 0 Å². The molecule has 0 aromatic heterocycles. The standard InChI is InChI=1S/C16H14BrFN2O/c17-12-5-6-14(18)11(9-12)10-20-8-7-15(19-21)13-3-1-2-4-16(13)20/h1-6,9,21H,7-8,10H2. The number of fused-ring (bicyclic) bond motifs is 1. The molecule has 0 radical (unpaired) electrons. The summed E-state index contributed by atoms with van der Waals surface area (Å²) in [4.78, 5) is 2.11. The zero-order valence-corrected chi connectivity index (χ0v) is 12.8. The van der Waals surface area contributed by atoms with Crippen molar-refractivity contribution in [3.05, 3.63) is 63.9 Å². The second-order valence-corrected chi connectivity index (χ2v) is 5.89. The number of oxime groups is 1. The number of halogens is 2. The van der Waals surface area contributed by atoms with Crippen LogP contribution in [0, 0.1) is 5.82 Å². The molecule has 1 aliphatic rings. The van der Waals surface area contributed by atoms with Crippen LogP contribution in [0.15, 0.2) is 52.1 Å². The van der Waals surface area contributed by atoms with Gasteiger partial charge in [-0.05, 0) is 24.3 Å². The van der Waals surface area contributed by atoms with Gasteiger partial charge in [0.05, 0.1) is 5.71 Å². The highest BCUT2D eigenvalue weighted by Crippen LogP contribution is 2.29. The molecular formula is C16H14BrFN2O. The lowest BCUT2D eigenvalue weighted by Gasteiger charge is -2.31. The van der Waals surface area contributed by atoms with E-state index in [4.69, 9.17) is 5.21 Å². The molecule has 1 N–H and O–H groups in total. The molecule has 0 aliphatic carbocycles. The van der Waals surface area contributed by atoms with Crippen molar-refractivity contribution in [1.82, 2.24) is 0 Å². The summed E-state index contributed by atoms with van der Waals surface area (Å²) in [6.07, 6.45) is 0.642. The number of nitrogens with zero attached hydrogens (tertiary/aromatic N) is 2. The SMILES string of the molecule is ON=C1CCN(Cc2cc(Br)ccc2F)c2ccccc21. The van der Waals surface area contributed by atoms with Crippen LogP contribution in [0.3, 0.4) is 0 Å². The van der Waals surface area contributed by atoms with Gasteiger partial charge in [0.15, 0.2) is 0 Å². The Morgan fingerprint density at radius 3 is 2.86 bits per heavy atom. The van der Waals surface area contributed by atoms with Crippen LogP contribution in [0.1, 0.15) is 17.5 Å². The molecule has 0 spiro atoms. The Morgan fingerprint density at radius 1 is 1.24 bits per heavy atom. The highest BCUT2D eigenvalue weighted by Gasteiger charge is 2.22. The first kappa shape index (κ1) is 14.1. The Kier molecular flexibility index (Phi) is 3.92. The van der Waals surface area contributed by atoms with Gasteiger partial charge in [-0.2, -0.15) is 0 Å². The molecule has 0 unspecified atom stereocenters. The number of anilines is 1. The summed E-state index contributed by atoms with van der Waals surface area (Å²) in [6.45, 7) is 1.18. The minimum absolute atomic E-state index is 0.211. The highest BCUT2D eigenvalue weighted by molar-refractivity contribution is 9.10. The second kappa shape index (κ2) is 5.85. The van der Waals surface area contributed by atoms with Gasteiger partial charge in [0.2, 0.25) is 0 Å². The van der Waals surface area contributed by atoms with Crippen LogP contribution < -0.4 is 4.90 Å². The van der Waals surface area contributed by atoms with Crippen LogP contribution in [-0.4, -0.2) is 17.5 Å². The third kappa shape index (κ3) is 2.78. The molecule has 1 heterocycles. The Labute approximate surface area is 130 Å². The van der Waals surface area contributed by atoms with Crippen molar-refractivity contribution in [1.29, 1.82) is 0 Å². The van der Waals surface area contributed by atoms with E-state index in [0.29, 0.717) is 30.8 Å². The molecule has 0 saturated heterocycles. The van der Waals surface area contributed by atoms with E-state index in [1.807, 2.05) is 24.3 Å². The molecule has 2 aromatic rings. The lowest BCUT2D eigenvalue weighted by atomic mass is 9.99. The summed E-state index contributed by atoms with van der Waals surface area (Å²) in [5, 5.41) is 12.5. The highest BCUT2D eigenvalue weighted by atomic mass is 79.9. The van der Waals surface area contributed by atoms with Gasteiger partial charge in [0.1, 0.15) is 5.82 Å². The second-order valence-electron chi connectivity index (χ2n) is 4.97. The molecule has 0 atom stereocenters. The quantitative estimate of drug-likeness (QED) is 0.652. The van der Waals surface area contributed by atoms with Crippen LogP contribution >= 0.6 is 15.9 Å². The third-order valence-corrected chi connectivity index (χ3v) is 4.16. The van der Waals surface area contributed by atoms with Gasteiger partial charge in [-0.1, -0.05) is 39.3 Å². The molecule has 0 bridgehead atoms. The molecule has 21 heavy (non-hydrogen) atoms. The van der Waals surface area contributed by atoms with Crippen molar-refractivity contribution in [2.45, 2.75) is 13.0 Å². The lowest BCUT2D eigenvalue weighted by molar-refractivity contribution is 0.317. The van der Waals surface area contributed by atoms with Gasteiger partial charge in [0, 0.05) is 40.8 Å². The topological polar surface area (TPSA) is 35.8 Å². The first-order chi connectivity index (χ1) is 10.2. The summed E-state index contributed by atoms with van der Waals surface area (Å²) < 4.78 is 14.8. The average molecular weight is 349 g/mol. The average Bonchev–Trinajstić information content (AvgIpc) is 2.51. The maximum atomic E-state index is 13.9. The zero-order chi connectivity index (χ0) is 14.8. The van der Waals surface area contributed by atoms with E-state index in [1.54, 1.807) is 12.1 Å². The van der Waals surface area contributed by atoms with Gasteiger partial charge >= 0.3 is 0 Å². The summed E-state index contributed by atoms with van der Waals surface area (Å²) in [6, 6.07) is 12.7. The van der Waals surface area contributed by atoms with Crippen molar-refractivity contribution in [3.63, 3.8) is 0 Å². The Bertz CT molecular complexity index is 702. The molecule has 108 valence electrons. The normalized spacial score (nSPS) is 16.1. The Morgan fingerprint density at radius 2 is 2.05 bits per heavy atom. The smallest absolute Gasteiger partial charge is 0.128 e. The van der Waals surface area contributed by atoms with Crippen LogP contribution in [-0.2, 0) is 6.54 Å². The van der Waals surface area contributed by atoms with Gasteiger partial charge < -0.3 is 10.1 Å². The van der Waals surface area contributed by atoms with Gasteiger partial charge in [-0.3, -0.25) is 0 Å². The Hall–Kier alpha value is -1.88. The molecule has 0 amide bonds. The van der Waals surface area contributed by atoms with E-state index in [9.17, 15) is 4.39 Å². The lowest BCUT2D eigenvalue weighted by Crippen LogP contribution is -2.32. The number of rotatable bonds is 2. The summed E-state index contributed by atoms with van der Waals surface area (Å²) in [7, 11) is 0. The summed E-state index contributed by atoms with van der Waals surface area (Å²) in [5.74, 6) is -0.211. The van der Waals surface area contributed by atoms with Crippen LogP contribution in [0.5, 0.6) is 0 Å². The first-order valence-corrected chi connectivity index (χ1v) is 7.47. The van der Waals surface area contributed by atoms with Crippen molar-refractivity contribution in [2.75, 3.05) is 11.4 Å². The maximum absolute atomic E-state index is 13.9. The molecular weight excluding hydrogens is 335 g/mol. The number of benzene rings is 2. The molecule has 5 heteroatoms. The van der Waals surface area contributed by atoms with E-state index < -0.39 is 0 Å². The predicted molar refractivity (Wildman–Crippen MR) is 84.5 cm³/mol. The van der Waals surface area contributed by atoms with Crippen molar-refractivity contribution >= 4 is 27.3 Å². The minimum Gasteiger partial charge on any atom is -0.411 e. The fraction of sp³-hybridized carbons (Fsp3) is 0.188. The van der Waals surface area contributed by atoms with Gasteiger partial charge in [-0.15, -0.1) is 0 Å². The van der Waals surface area contributed by atoms with Crippen LogP contribution in [0.4, 0.5) is 10.1 Å². The fourth-order valence-electron chi connectivity index (χ4n) is 2.63. The number of hydrogen-bond donors (Lipinski definition) is 1. The summed E-state index contributed by atoms with van der Waals surface area (Å²) in [5.41, 5.74) is 3.19. The fourth-order valence-corrected chi connectivity index (χ4v) is 3.04. The number of para-hydroxylation sites is 1. The number of hydrogen-bond acceptors (Lipinski definition) is 3.